The number of methoxy groups -OCH3 is 1. The van der Waals surface area contributed by atoms with Crippen LogP contribution < -0.4 is 15.8 Å². The third-order valence-corrected chi connectivity index (χ3v) is 3.06. The summed E-state index contributed by atoms with van der Waals surface area (Å²) in [4.78, 5) is 12.3. The first-order chi connectivity index (χ1) is 10.0. The number of carbonyl (C=O) groups is 1. The van der Waals surface area contributed by atoms with Crippen LogP contribution in [0.25, 0.3) is 0 Å². The summed E-state index contributed by atoms with van der Waals surface area (Å²) in [5.74, 6) is -0.543. The molecule has 1 amide bonds. The van der Waals surface area contributed by atoms with E-state index in [-0.39, 0.29) is 10.6 Å². The summed E-state index contributed by atoms with van der Waals surface area (Å²) in [6.45, 7) is 0. The Bertz CT molecular complexity index is 704. The standard InChI is InChI=1S/C15H13FN2O2S/c1-20-12-7-3-6-11(14(17)21)13(12)18-15(19)9-4-2-5-10(16)8-9/h2-8H,1H3,(H2,17,21)(H,18,19). The molecule has 0 bridgehead atoms. The zero-order valence-corrected chi connectivity index (χ0v) is 12.0. The van der Waals surface area contributed by atoms with Gasteiger partial charge >= 0.3 is 0 Å². The number of para-hydroxylation sites is 1. The largest absolute Gasteiger partial charge is 0.495 e. The van der Waals surface area contributed by atoms with Crippen LogP contribution in [0.15, 0.2) is 42.5 Å². The van der Waals surface area contributed by atoms with Gasteiger partial charge in [-0.25, -0.2) is 4.39 Å². The molecule has 0 saturated heterocycles. The molecule has 108 valence electrons. The monoisotopic (exact) mass is 304 g/mol. The highest BCUT2D eigenvalue weighted by atomic mass is 32.1. The molecule has 3 N–H and O–H groups in total. The lowest BCUT2D eigenvalue weighted by molar-refractivity contribution is 0.102. The van der Waals surface area contributed by atoms with Crippen molar-refractivity contribution < 1.29 is 13.9 Å². The number of anilines is 1. The van der Waals surface area contributed by atoms with Gasteiger partial charge in [-0.2, -0.15) is 0 Å². The molecule has 2 rings (SSSR count). The molecule has 6 heteroatoms. The van der Waals surface area contributed by atoms with E-state index < -0.39 is 11.7 Å². The molecule has 0 heterocycles. The van der Waals surface area contributed by atoms with Crippen molar-refractivity contribution in [2.24, 2.45) is 5.73 Å². The number of benzene rings is 2. The van der Waals surface area contributed by atoms with Crippen LogP contribution in [0.2, 0.25) is 0 Å². The first kappa shape index (κ1) is 14.9. The minimum atomic E-state index is -0.489. The Labute approximate surface area is 126 Å². The Morgan fingerprint density at radius 1 is 1.29 bits per heavy atom. The average Bonchev–Trinajstić information content (AvgIpc) is 2.47. The molecule has 21 heavy (non-hydrogen) atoms. The minimum Gasteiger partial charge on any atom is -0.495 e. The van der Waals surface area contributed by atoms with Crippen LogP contribution in [-0.2, 0) is 0 Å². The number of halogens is 1. The average molecular weight is 304 g/mol. The number of hydrogen-bond acceptors (Lipinski definition) is 3. The molecular weight excluding hydrogens is 291 g/mol. The van der Waals surface area contributed by atoms with E-state index in [9.17, 15) is 9.18 Å². The second-order valence-corrected chi connectivity index (χ2v) is 4.65. The van der Waals surface area contributed by atoms with Crippen molar-refractivity contribution in [3.63, 3.8) is 0 Å². The normalized spacial score (nSPS) is 10.0. The molecule has 4 nitrogen and oxygen atoms in total. The summed E-state index contributed by atoms with van der Waals surface area (Å²) in [7, 11) is 1.47. The van der Waals surface area contributed by atoms with Gasteiger partial charge in [-0.05, 0) is 30.3 Å². The lowest BCUT2D eigenvalue weighted by Crippen LogP contribution is -2.18. The van der Waals surface area contributed by atoms with Crippen LogP contribution >= 0.6 is 12.2 Å². The predicted molar refractivity (Wildman–Crippen MR) is 83.2 cm³/mol. The van der Waals surface area contributed by atoms with Crippen LogP contribution in [0.3, 0.4) is 0 Å². The van der Waals surface area contributed by atoms with Crippen molar-refractivity contribution in [2.75, 3.05) is 12.4 Å². The number of nitrogens with one attached hydrogen (secondary N) is 1. The van der Waals surface area contributed by atoms with Crippen LogP contribution in [0.1, 0.15) is 15.9 Å². The summed E-state index contributed by atoms with van der Waals surface area (Å²) in [5.41, 5.74) is 6.67. The third kappa shape index (κ3) is 3.35. The Morgan fingerprint density at radius 2 is 2.00 bits per heavy atom. The number of rotatable bonds is 4. The van der Waals surface area contributed by atoms with Gasteiger partial charge in [-0.1, -0.05) is 24.4 Å². The number of ether oxygens (including phenoxy) is 1. The number of nitrogens with two attached hydrogens (primary N) is 1. The molecule has 0 aromatic heterocycles. The molecular formula is C15H13FN2O2S. The Balaban J connectivity index is 2.39. The number of thiocarbonyl (C=S) groups is 1. The van der Waals surface area contributed by atoms with Gasteiger partial charge in [-0.3, -0.25) is 4.79 Å². The summed E-state index contributed by atoms with van der Waals surface area (Å²) in [5, 5.41) is 2.66. The summed E-state index contributed by atoms with van der Waals surface area (Å²) in [6, 6.07) is 10.4. The first-order valence-electron chi connectivity index (χ1n) is 6.06. The maximum atomic E-state index is 13.2. The second kappa shape index (κ2) is 6.32. The van der Waals surface area contributed by atoms with E-state index in [1.54, 1.807) is 18.2 Å². The highest BCUT2D eigenvalue weighted by molar-refractivity contribution is 7.80. The highest BCUT2D eigenvalue weighted by Crippen LogP contribution is 2.28. The smallest absolute Gasteiger partial charge is 0.255 e. The van der Waals surface area contributed by atoms with E-state index in [2.05, 4.69) is 5.32 Å². The van der Waals surface area contributed by atoms with E-state index in [4.69, 9.17) is 22.7 Å². The molecule has 0 atom stereocenters. The van der Waals surface area contributed by atoms with Crippen molar-refractivity contribution in [2.45, 2.75) is 0 Å². The SMILES string of the molecule is COc1cccc(C(N)=S)c1NC(=O)c1cccc(F)c1. The van der Waals surface area contributed by atoms with Crippen molar-refractivity contribution in [1.82, 2.24) is 0 Å². The molecule has 0 unspecified atom stereocenters. The molecule has 0 aliphatic heterocycles. The fraction of sp³-hybridized carbons (Fsp3) is 0.0667. The van der Waals surface area contributed by atoms with Crippen LogP contribution in [0.5, 0.6) is 5.75 Å². The molecule has 2 aromatic carbocycles. The van der Waals surface area contributed by atoms with Crippen LogP contribution in [0.4, 0.5) is 10.1 Å². The first-order valence-corrected chi connectivity index (χ1v) is 6.47. The maximum Gasteiger partial charge on any atom is 0.255 e. The van der Waals surface area contributed by atoms with Crippen molar-refractivity contribution >= 4 is 28.8 Å². The van der Waals surface area contributed by atoms with Gasteiger partial charge in [0.05, 0.1) is 12.8 Å². The number of amides is 1. The number of hydrogen-bond donors (Lipinski definition) is 2. The summed E-state index contributed by atoms with van der Waals surface area (Å²) in [6.07, 6.45) is 0. The summed E-state index contributed by atoms with van der Waals surface area (Å²) < 4.78 is 18.4. The van der Waals surface area contributed by atoms with Gasteiger partial charge in [0.2, 0.25) is 0 Å². The van der Waals surface area contributed by atoms with Crippen molar-refractivity contribution in [3.8, 4) is 5.75 Å². The van der Waals surface area contributed by atoms with Crippen LogP contribution in [-0.4, -0.2) is 18.0 Å². The summed E-state index contributed by atoms with van der Waals surface area (Å²) >= 11 is 4.96. The van der Waals surface area contributed by atoms with E-state index >= 15 is 0 Å². The predicted octanol–water partition coefficient (Wildman–Crippen LogP) is 2.72. The molecule has 2 aromatic rings. The molecule has 0 saturated carbocycles. The Morgan fingerprint density at radius 3 is 2.62 bits per heavy atom. The van der Waals surface area contributed by atoms with E-state index in [1.165, 1.54) is 25.3 Å². The molecule has 0 radical (unpaired) electrons. The molecule has 0 aliphatic carbocycles. The van der Waals surface area contributed by atoms with E-state index in [0.29, 0.717) is 17.0 Å². The van der Waals surface area contributed by atoms with Gasteiger partial charge in [-0.15, -0.1) is 0 Å². The fourth-order valence-corrected chi connectivity index (χ4v) is 2.02. The number of carbonyl (C=O) groups excluding carboxylic acids is 1. The zero-order valence-electron chi connectivity index (χ0n) is 11.2. The lowest BCUT2D eigenvalue weighted by atomic mass is 10.1. The highest BCUT2D eigenvalue weighted by Gasteiger charge is 2.15. The third-order valence-electron chi connectivity index (χ3n) is 2.84. The van der Waals surface area contributed by atoms with Gasteiger partial charge in [0, 0.05) is 11.1 Å². The maximum absolute atomic E-state index is 13.2. The molecule has 0 aliphatic rings. The Kier molecular flexibility index (Phi) is 4.49. The van der Waals surface area contributed by atoms with Gasteiger partial charge < -0.3 is 15.8 Å². The van der Waals surface area contributed by atoms with Gasteiger partial charge in [0.15, 0.2) is 0 Å². The zero-order chi connectivity index (χ0) is 15.4. The second-order valence-electron chi connectivity index (χ2n) is 4.21. The topological polar surface area (TPSA) is 64.3 Å². The quantitative estimate of drug-likeness (QED) is 0.853. The van der Waals surface area contributed by atoms with Crippen molar-refractivity contribution in [3.05, 3.63) is 59.4 Å². The fourth-order valence-electron chi connectivity index (χ4n) is 1.85. The molecule has 0 fully saturated rings. The van der Waals surface area contributed by atoms with Gasteiger partial charge in [0.1, 0.15) is 16.6 Å². The molecule has 0 spiro atoms. The minimum absolute atomic E-state index is 0.128. The van der Waals surface area contributed by atoms with Gasteiger partial charge in [0.25, 0.3) is 5.91 Å². The van der Waals surface area contributed by atoms with E-state index in [0.717, 1.165) is 6.07 Å². The van der Waals surface area contributed by atoms with Crippen LogP contribution in [0, 0.1) is 5.82 Å². The van der Waals surface area contributed by atoms with Crippen molar-refractivity contribution in [1.29, 1.82) is 0 Å². The Hall–Kier alpha value is -2.47. The van der Waals surface area contributed by atoms with E-state index in [1.807, 2.05) is 0 Å². The lowest BCUT2D eigenvalue weighted by Gasteiger charge is -2.14.